The minimum atomic E-state index is -1.54. The Bertz CT molecular complexity index is 239. The quantitative estimate of drug-likeness (QED) is 0.360. The average molecular weight is 282 g/mol. The lowest BCUT2D eigenvalue weighted by Gasteiger charge is -2.38. The predicted molar refractivity (Wildman–Crippen MR) is 62.4 cm³/mol. The Morgan fingerprint density at radius 1 is 0.842 bits per heavy atom. The summed E-state index contributed by atoms with van der Waals surface area (Å²) in [5.41, 5.74) is 0. The second kappa shape index (κ2) is 8.77. The fourth-order valence-electron chi connectivity index (χ4n) is 1.63. The highest BCUT2D eigenvalue weighted by Crippen LogP contribution is 2.19. The number of aliphatic hydroxyl groups is 4. The van der Waals surface area contributed by atoms with Crippen LogP contribution in [-0.2, 0) is 18.9 Å². The monoisotopic (exact) mass is 282 g/mol. The highest BCUT2D eigenvalue weighted by molar-refractivity contribution is 4.88. The van der Waals surface area contributed by atoms with Crippen LogP contribution in [0, 0.1) is 0 Å². The Morgan fingerprint density at radius 2 is 1.47 bits per heavy atom. The lowest BCUT2D eigenvalue weighted by atomic mass is 9.99. The maximum atomic E-state index is 9.62. The average Bonchev–Trinajstić information content (AvgIpc) is 2.41. The molecule has 0 aromatic heterocycles. The number of hydrogen-bond acceptors (Lipinski definition) is 8. The third-order valence-corrected chi connectivity index (χ3v) is 2.77. The Hall–Kier alpha value is -0.320. The van der Waals surface area contributed by atoms with Gasteiger partial charge in [0.2, 0.25) is 0 Å². The smallest absolute Gasteiger partial charge is 0.184 e. The first kappa shape index (κ1) is 16.7. The fourth-order valence-corrected chi connectivity index (χ4v) is 1.63. The molecule has 0 spiro atoms. The Morgan fingerprint density at radius 3 is 2.16 bits per heavy atom. The van der Waals surface area contributed by atoms with Crippen molar-refractivity contribution in [2.75, 3.05) is 40.1 Å². The van der Waals surface area contributed by atoms with Gasteiger partial charge in [-0.15, -0.1) is 0 Å². The molecule has 4 N–H and O–H groups in total. The van der Waals surface area contributed by atoms with Crippen LogP contribution in [0.5, 0.6) is 0 Å². The van der Waals surface area contributed by atoms with Crippen molar-refractivity contribution in [1.29, 1.82) is 0 Å². The van der Waals surface area contributed by atoms with Gasteiger partial charge < -0.3 is 39.4 Å². The van der Waals surface area contributed by atoms with Crippen LogP contribution < -0.4 is 0 Å². The second-order valence-corrected chi connectivity index (χ2v) is 4.22. The van der Waals surface area contributed by atoms with E-state index >= 15 is 0 Å². The summed E-state index contributed by atoms with van der Waals surface area (Å²) in [6.45, 7) is 1.59. The van der Waals surface area contributed by atoms with Crippen molar-refractivity contribution in [1.82, 2.24) is 0 Å². The van der Waals surface area contributed by atoms with Crippen molar-refractivity contribution >= 4 is 0 Å². The highest BCUT2D eigenvalue weighted by atomic mass is 16.6. The molecule has 0 aromatic rings. The van der Waals surface area contributed by atoms with Crippen LogP contribution in [0.25, 0.3) is 0 Å². The standard InChI is InChI=1S/C11H22O8/c1-16-2-3-17-4-5-18-6-7-8(12)9(13)10(14)11(15)19-7/h7-15H,2-6H2,1H3. The summed E-state index contributed by atoms with van der Waals surface area (Å²) in [4.78, 5) is 0. The van der Waals surface area contributed by atoms with E-state index in [-0.39, 0.29) is 13.2 Å². The SMILES string of the molecule is COCCOCCOCC1OC(O)C(O)C(O)C1O. The van der Waals surface area contributed by atoms with Crippen LogP contribution in [0.2, 0.25) is 0 Å². The lowest BCUT2D eigenvalue weighted by Crippen LogP contribution is -2.58. The van der Waals surface area contributed by atoms with Crippen LogP contribution in [0.1, 0.15) is 0 Å². The molecule has 0 saturated carbocycles. The molecule has 0 amide bonds. The van der Waals surface area contributed by atoms with E-state index in [2.05, 4.69) is 0 Å². The predicted octanol–water partition coefficient (Wildman–Crippen LogP) is -2.53. The third-order valence-electron chi connectivity index (χ3n) is 2.77. The summed E-state index contributed by atoms with van der Waals surface area (Å²) in [6, 6.07) is 0. The normalized spacial score (nSPS) is 35.5. The van der Waals surface area contributed by atoms with E-state index in [0.29, 0.717) is 19.8 Å². The van der Waals surface area contributed by atoms with Gasteiger partial charge in [0.15, 0.2) is 6.29 Å². The van der Waals surface area contributed by atoms with E-state index in [9.17, 15) is 20.4 Å². The molecule has 1 fully saturated rings. The van der Waals surface area contributed by atoms with E-state index in [1.807, 2.05) is 0 Å². The fraction of sp³-hybridized carbons (Fsp3) is 1.00. The Balaban J connectivity index is 2.15. The van der Waals surface area contributed by atoms with Gasteiger partial charge in [-0.05, 0) is 0 Å². The molecule has 0 aliphatic carbocycles. The van der Waals surface area contributed by atoms with Gasteiger partial charge >= 0.3 is 0 Å². The number of rotatable bonds is 8. The largest absolute Gasteiger partial charge is 0.387 e. The molecule has 5 atom stereocenters. The van der Waals surface area contributed by atoms with Gasteiger partial charge in [-0.3, -0.25) is 0 Å². The molecular weight excluding hydrogens is 260 g/mol. The van der Waals surface area contributed by atoms with Gasteiger partial charge in [0.1, 0.15) is 24.4 Å². The van der Waals surface area contributed by atoms with Crippen molar-refractivity contribution in [3.63, 3.8) is 0 Å². The molecule has 1 aliphatic rings. The molecule has 5 unspecified atom stereocenters. The first-order valence-corrected chi connectivity index (χ1v) is 6.10. The molecule has 1 rings (SSSR count). The van der Waals surface area contributed by atoms with Gasteiger partial charge in [0, 0.05) is 7.11 Å². The van der Waals surface area contributed by atoms with E-state index in [1.54, 1.807) is 7.11 Å². The number of methoxy groups -OCH3 is 1. The van der Waals surface area contributed by atoms with Crippen LogP contribution in [0.3, 0.4) is 0 Å². The summed E-state index contributed by atoms with van der Waals surface area (Å²) in [7, 11) is 1.58. The number of hydrogen-bond donors (Lipinski definition) is 4. The molecule has 1 heterocycles. The molecule has 8 heteroatoms. The zero-order chi connectivity index (χ0) is 14.3. The van der Waals surface area contributed by atoms with E-state index in [0.717, 1.165) is 0 Å². The zero-order valence-electron chi connectivity index (χ0n) is 10.8. The van der Waals surface area contributed by atoms with E-state index in [1.165, 1.54) is 0 Å². The molecule has 8 nitrogen and oxygen atoms in total. The molecule has 114 valence electrons. The minimum absolute atomic E-state index is 0.0182. The Kier molecular flexibility index (Phi) is 7.73. The summed E-state index contributed by atoms with van der Waals surface area (Å²) >= 11 is 0. The molecule has 0 radical (unpaired) electrons. The zero-order valence-corrected chi connectivity index (χ0v) is 10.8. The highest BCUT2D eigenvalue weighted by Gasteiger charge is 2.42. The van der Waals surface area contributed by atoms with E-state index < -0.39 is 30.7 Å². The third kappa shape index (κ3) is 5.28. The van der Waals surface area contributed by atoms with Crippen LogP contribution in [0.4, 0.5) is 0 Å². The maximum absolute atomic E-state index is 9.62. The summed E-state index contributed by atoms with van der Waals surface area (Å²) < 4.78 is 20.1. The topological polar surface area (TPSA) is 118 Å². The van der Waals surface area contributed by atoms with Crippen molar-refractivity contribution in [3.8, 4) is 0 Å². The molecule has 0 aromatic carbocycles. The lowest BCUT2D eigenvalue weighted by molar-refractivity contribution is -0.288. The molecule has 0 bridgehead atoms. The van der Waals surface area contributed by atoms with Crippen LogP contribution >= 0.6 is 0 Å². The number of aliphatic hydroxyl groups excluding tert-OH is 4. The van der Waals surface area contributed by atoms with Crippen molar-refractivity contribution in [2.24, 2.45) is 0 Å². The van der Waals surface area contributed by atoms with E-state index in [4.69, 9.17) is 18.9 Å². The van der Waals surface area contributed by atoms with Gasteiger partial charge in [-0.1, -0.05) is 0 Å². The van der Waals surface area contributed by atoms with Gasteiger partial charge in [0.05, 0.1) is 33.0 Å². The maximum Gasteiger partial charge on any atom is 0.184 e. The summed E-state index contributed by atoms with van der Waals surface area (Å²) in [6.07, 6.45) is -6.73. The molecule has 1 aliphatic heterocycles. The first-order valence-electron chi connectivity index (χ1n) is 6.10. The minimum Gasteiger partial charge on any atom is -0.387 e. The van der Waals surface area contributed by atoms with Gasteiger partial charge in [-0.2, -0.15) is 0 Å². The number of ether oxygens (including phenoxy) is 4. The van der Waals surface area contributed by atoms with Gasteiger partial charge in [0.25, 0.3) is 0 Å². The van der Waals surface area contributed by atoms with Crippen LogP contribution in [0.15, 0.2) is 0 Å². The van der Waals surface area contributed by atoms with Crippen molar-refractivity contribution in [3.05, 3.63) is 0 Å². The Labute approximate surface area is 111 Å². The second-order valence-electron chi connectivity index (χ2n) is 4.22. The molecule has 19 heavy (non-hydrogen) atoms. The summed E-state index contributed by atoms with van der Waals surface area (Å²) in [5, 5.41) is 37.6. The molecule has 1 saturated heterocycles. The van der Waals surface area contributed by atoms with Gasteiger partial charge in [-0.25, -0.2) is 0 Å². The van der Waals surface area contributed by atoms with Crippen molar-refractivity contribution in [2.45, 2.75) is 30.7 Å². The van der Waals surface area contributed by atoms with Crippen molar-refractivity contribution < 1.29 is 39.4 Å². The van der Waals surface area contributed by atoms with Crippen LogP contribution in [-0.4, -0.2) is 91.3 Å². The summed E-state index contributed by atoms with van der Waals surface area (Å²) in [5.74, 6) is 0. The first-order chi connectivity index (χ1) is 9.07. The molecular formula is C11H22O8.